The monoisotopic (exact) mass is 170 g/mol. The number of hydrogen-bond donors (Lipinski definition) is 2. The molecule has 3 nitrogen and oxygen atoms in total. The normalized spacial score (nSPS) is 20.3. The van der Waals surface area contributed by atoms with E-state index in [-0.39, 0.29) is 17.5 Å². The molecule has 1 fully saturated rings. The predicted octanol–water partition coefficient (Wildman–Crippen LogP) is 0.653. The molecule has 0 aliphatic heterocycles. The van der Waals surface area contributed by atoms with Gasteiger partial charge in [0.2, 0.25) is 5.91 Å². The first kappa shape index (κ1) is 9.52. The van der Waals surface area contributed by atoms with Crippen LogP contribution in [0.3, 0.4) is 0 Å². The van der Waals surface area contributed by atoms with Gasteiger partial charge in [0.1, 0.15) is 0 Å². The van der Waals surface area contributed by atoms with Crippen molar-refractivity contribution in [3.05, 3.63) is 0 Å². The summed E-state index contributed by atoms with van der Waals surface area (Å²) in [7, 11) is 1.86. The summed E-state index contributed by atoms with van der Waals surface area (Å²) >= 11 is 0. The summed E-state index contributed by atoms with van der Waals surface area (Å²) in [5.74, 6) is 0.159. The molecule has 0 aromatic carbocycles. The second-order valence-electron chi connectivity index (χ2n) is 3.81. The van der Waals surface area contributed by atoms with Gasteiger partial charge in [-0.15, -0.1) is 0 Å². The van der Waals surface area contributed by atoms with Crippen molar-refractivity contribution in [3.63, 3.8) is 0 Å². The molecule has 0 radical (unpaired) electrons. The van der Waals surface area contributed by atoms with Gasteiger partial charge in [0.05, 0.1) is 5.54 Å². The van der Waals surface area contributed by atoms with Crippen LogP contribution in [0.4, 0.5) is 0 Å². The molecule has 70 valence electrons. The zero-order valence-electron chi connectivity index (χ0n) is 8.11. The first-order valence-electron chi connectivity index (χ1n) is 4.60. The maximum Gasteiger partial charge on any atom is 0.240 e. The number of carbonyl (C=O) groups is 1. The number of rotatable bonds is 3. The molecule has 1 aliphatic carbocycles. The molecule has 1 saturated carbocycles. The largest absolute Gasteiger partial charge is 0.352 e. The fraction of sp³-hybridized carbons (Fsp3) is 0.889. The average Bonchev–Trinajstić information content (AvgIpc) is 1.83. The van der Waals surface area contributed by atoms with Gasteiger partial charge in [-0.05, 0) is 40.2 Å². The van der Waals surface area contributed by atoms with E-state index in [2.05, 4.69) is 10.6 Å². The predicted molar refractivity (Wildman–Crippen MR) is 48.9 cm³/mol. The Morgan fingerprint density at radius 3 is 2.25 bits per heavy atom. The number of nitrogens with one attached hydrogen (secondary N) is 2. The lowest BCUT2D eigenvalue weighted by atomic mass is 9.76. The minimum absolute atomic E-state index is 0.159. The lowest BCUT2D eigenvalue weighted by Gasteiger charge is -2.40. The second kappa shape index (κ2) is 3.44. The first-order valence-corrected chi connectivity index (χ1v) is 4.60. The molecule has 0 unspecified atom stereocenters. The van der Waals surface area contributed by atoms with Crippen LogP contribution in [0, 0.1) is 0 Å². The Bertz CT molecular complexity index is 168. The van der Waals surface area contributed by atoms with Gasteiger partial charge >= 0.3 is 0 Å². The van der Waals surface area contributed by atoms with Crippen LogP contribution in [0.2, 0.25) is 0 Å². The van der Waals surface area contributed by atoms with Crippen LogP contribution < -0.4 is 10.6 Å². The van der Waals surface area contributed by atoms with Gasteiger partial charge < -0.3 is 10.6 Å². The van der Waals surface area contributed by atoms with Crippen molar-refractivity contribution in [1.29, 1.82) is 0 Å². The molecular formula is C9H18N2O. The standard InChI is InChI=1S/C9H18N2O/c1-7(2)11-8(12)9(10-3)5-4-6-9/h7,10H,4-6H2,1-3H3,(H,11,12). The summed E-state index contributed by atoms with van der Waals surface area (Å²) in [5, 5.41) is 6.04. The summed E-state index contributed by atoms with van der Waals surface area (Å²) in [5.41, 5.74) is -0.246. The third-order valence-corrected chi connectivity index (χ3v) is 2.54. The van der Waals surface area contributed by atoms with Gasteiger partial charge in [-0.2, -0.15) is 0 Å². The smallest absolute Gasteiger partial charge is 0.240 e. The Labute approximate surface area is 73.9 Å². The van der Waals surface area contributed by atoms with Crippen molar-refractivity contribution in [3.8, 4) is 0 Å². The lowest BCUT2D eigenvalue weighted by Crippen LogP contribution is -2.61. The summed E-state index contributed by atoms with van der Waals surface area (Å²) in [6, 6.07) is 0.239. The summed E-state index contributed by atoms with van der Waals surface area (Å²) < 4.78 is 0. The fourth-order valence-electron chi connectivity index (χ4n) is 1.52. The number of amides is 1. The fourth-order valence-corrected chi connectivity index (χ4v) is 1.52. The maximum atomic E-state index is 11.6. The Hall–Kier alpha value is -0.570. The van der Waals surface area contributed by atoms with E-state index < -0.39 is 0 Å². The highest BCUT2D eigenvalue weighted by Crippen LogP contribution is 2.31. The van der Waals surface area contributed by atoms with E-state index in [1.165, 1.54) is 0 Å². The van der Waals surface area contributed by atoms with E-state index in [1.807, 2.05) is 20.9 Å². The topological polar surface area (TPSA) is 41.1 Å². The molecule has 1 amide bonds. The van der Waals surface area contributed by atoms with Gasteiger partial charge in [0, 0.05) is 6.04 Å². The van der Waals surface area contributed by atoms with Crippen LogP contribution in [0.25, 0.3) is 0 Å². The van der Waals surface area contributed by atoms with E-state index in [1.54, 1.807) is 0 Å². The molecule has 0 atom stereocenters. The van der Waals surface area contributed by atoms with Gasteiger partial charge in [0.25, 0.3) is 0 Å². The lowest BCUT2D eigenvalue weighted by molar-refractivity contribution is -0.131. The van der Waals surface area contributed by atoms with E-state index >= 15 is 0 Å². The SMILES string of the molecule is CNC1(C(=O)NC(C)C)CCC1. The van der Waals surface area contributed by atoms with Crippen molar-refractivity contribution in [2.45, 2.75) is 44.7 Å². The zero-order valence-corrected chi connectivity index (χ0v) is 8.11. The number of carbonyl (C=O) groups excluding carboxylic acids is 1. The maximum absolute atomic E-state index is 11.6. The molecule has 1 rings (SSSR count). The average molecular weight is 170 g/mol. The van der Waals surface area contributed by atoms with Crippen LogP contribution in [-0.4, -0.2) is 24.5 Å². The molecule has 12 heavy (non-hydrogen) atoms. The van der Waals surface area contributed by atoms with Crippen LogP contribution in [0.1, 0.15) is 33.1 Å². The van der Waals surface area contributed by atoms with Gasteiger partial charge in [-0.1, -0.05) is 0 Å². The van der Waals surface area contributed by atoms with E-state index in [9.17, 15) is 4.79 Å². The molecule has 1 aliphatic rings. The molecule has 0 aromatic rings. The minimum Gasteiger partial charge on any atom is -0.352 e. The van der Waals surface area contributed by atoms with Crippen LogP contribution in [-0.2, 0) is 4.79 Å². The summed E-state index contributed by atoms with van der Waals surface area (Å²) in [4.78, 5) is 11.6. The highest BCUT2D eigenvalue weighted by molar-refractivity contribution is 5.87. The second-order valence-corrected chi connectivity index (χ2v) is 3.81. The third-order valence-electron chi connectivity index (χ3n) is 2.54. The van der Waals surface area contributed by atoms with Crippen molar-refractivity contribution in [2.24, 2.45) is 0 Å². The molecule has 0 spiro atoms. The van der Waals surface area contributed by atoms with Crippen LogP contribution in [0.15, 0.2) is 0 Å². The van der Waals surface area contributed by atoms with Gasteiger partial charge in [-0.3, -0.25) is 4.79 Å². The molecule has 0 aromatic heterocycles. The molecule has 0 saturated heterocycles. The Kier molecular flexibility index (Phi) is 2.73. The van der Waals surface area contributed by atoms with Crippen molar-refractivity contribution < 1.29 is 4.79 Å². The molecular weight excluding hydrogens is 152 g/mol. The van der Waals surface area contributed by atoms with Gasteiger partial charge in [-0.25, -0.2) is 0 Å². The van der Waals surface area contributed by atoms with Crippen LogP contribution >= 0.6 is 0 Å². The Morgan fingerprint density at radius 1 is 1.42 bits per heavy atom. The van der Waals surface area contributed by atoms with Crippen molar-refractivity contribution >= 4 is 5.91 Å². The number of hydrogen-bond acceptors (Lipinski definition) is 2. The van der Waals surface area contributed by atoms with Gasteiger partial charge in [0.15, 0.2) is 0 Å². The Balaban J connectivity index is 2.49. The van der Waals surface area contributed by atoms with E-state index in [0.29, 0.717) is 0 Å². The molecule has 0 heterocycles. The van der Waals surface area contributed by atoms with Crippen LogP contribution in [0.5, 0.6) is 0 Å². The zero-order chi connectivity index (χ0) is 9.19. The highest BCUT2D eigenvalue weighted by Gasteiger charge is 2.42. The first-order chi connectivity index (χ1) is 5.60. The minimum atomic E-state index is -0.246. The highest BCUT2D eigenvalue weighted by atomic mass is 16.2. The van der Waals surface area contributed by atoms with E-state index in [4.69, 9.17) is 0 Å². The van der Waals surface area contributed by atoms with Crippen molar-refractivity contribution in [2.75, 3.05) is 7.05 Å². The Morgan fingerprint density at radius 2 is 2.00 bits per heavy atom. The summed E-state index contributed by atoms with van der Waals surface area (Å²) in [6.45, 7) is 3.97. The molecule has 2 N–H and O–H groups in total. The molecule has 0 bridgehead atoms. The van der Waals surface area contributed by atoms with Crippen molar-refractivity contribution in [1.82, 2.24) is 10.6 Å². The molecule has 3 heteroatoms. The third kappa shape index (κ3) is 1.61. The quantitative estimate of drug-likeness (QED) is 0.653. The number of likely N-dealkylation sites (N-methyl/N-ethyl adjacent to an activating group) is 1. The van der Waals surface area contributed by atoms with E-state index in [0.717, 1.165) is 19.3 Å². The summed E-state index contributed by atoms with van der Waals surface area (Å²) in [6.07, 6.45) is 3.11.